The van der Waals surface area contributed by atoms with Crippen molar-refractivity contribution < 1.29 is 9.47 Å². The van der Waals surface area contributed by atoms with E-state index < -0.39 is 5.79 Å². The first-order valence-corrected chi connectivity index (χ1v) is 6.38. The highest BCUT2D eigenvalue weighted by atomic mass is 35.5. The normalized spacial score (nSPS) is 21.4. The van der Waals surface area contributed by atoms with Crippen molar-refractivity contribution in [3.05, 3.63) is 5.28 Å². The largest absolute Gasteiger partial charge is 0.351 e. The van der Waals surface area contributed by atoms with E-state index in [-0.39, 0.29) is 11.4 Å². The number of halogens is 1. The lowest BCUT2D eigenvalue weighted by Crippen LogP contribution is -2.26. The number of nitrogens with one attached hydrogen (secondary N) is 1. The molecule has 0 radical (unpaired) electrons. The smallest absolute Gasteiger partial charge is 0.230 e. The fourth-order valence-corrected chi connectivity index (χ4v) is 1.84. The van der Waals surface area contributed by atoms with Gasteiger partial charge in [0.25, 0.3) is 0 Å². The first kappa shape index (κ1) is 14.2. The molecular weight excluding hydrogens is 270 g/mol. The second-order valence-electron chi connectivity index (χ2n) is 4.95. The minimum absolute atomic E-state index is 0.0339. The fraction of sp³-hybridized carbons (Fsp3) is 0.727. The molecular formula is C11H18ClN5O2. The highest BCUT2D eigenvalue weighted by Gasteiger charge is 2.32. The minimum atomic E-state index is -0.530. The van der Waals surface area contributed by atoms with Crippen molar-refractivity contribution in [1.29, 1.82) is 0 Å². The van der Waals surface area contributed by atoms with E-state index in [1.54, 1.807) is 4.90 Å². The molecule has 7 nitrogen and oxygen atoms in total. The van der Waals surface area contributed by atoms with Crippen LogP contribution in [-0.2, 0) is 9.47 Å². The highest BCUT2D eigenvalue weighted by Crippen LogP contribution is 2.22. The van der Waals surface area contributed by atoms with Gasteiger partial charge in [-0.3, -0.25) is 0 Å². The van der Waals surface area contributed by atoms with Crippen LogP contribution >= 0.6 is 11.6 Å². The summed E-state index contributed by atoms with van der Waals surface area (Å²) in [5, 5.41) is 3.24. The number of anilines is 2. The standard InChI is InChI=1S/C11H18ClN5O2/c1-11(2)18-6-7(19-11)5-13-9-14-8(12)15-10(16-9)17(3)4/h7H,5-6H2,1-4H3,(H,13,14,15,16). The molecule has 1 aromatic heterocycles. The van der Waals surface area contributed by atoms with Crippen LogP contribution in [0.1, 0.15) is 13.8 Å². The van der Waals surface area contributed by atoms with Crippen molar-refractivity contribution in [2.24, 2.45) is 0 Å². The van der Waals surface area contributed by atoms with Crippen LogP contribution < -0.4 is 10.2 Å². The van der Waals surface area contributed by atoms with Gasteiger partial charge in [-0.05, 0) is 25.4 Å². The minimum Gasteiger partial charge on any atom is -0.351 e. The summed E-state index contributed by atoms with van der Waals surface area (Å²) in [5.41, 5.74) is 0. The van der Waals surface area contributed by atoms with E-state index >= 15 is 0 Å². The number of aromatic nitrogens is 3. The van der Waals surface area contributed by atoms with Crippen LogP contribution in [0.2, 0.25) is 5.28 Å². The van der Waals surface area contributed by atoms with E-state index in [4.69, 9.17) is 21.1 Å². The molecule has 2 rings (SSSR count). The Morgan fingerprint density at radius 2 is 2.11 bits per heavy atom. The van der Waals surface area contributed by atoms with Crippen LogP contribution in [0.3, 0.4) is 0 Å². The average Bonchev–Trinajstić information content (AvgIpc) is 2.65. The molecule has 1 fully saturated rings. The van der Waals surface area contributed by atoms with Crippen molar-refractivity contribution in [3.8, 4) is 0 Å². The van der Waals surface area contributed by atoms with Crippen LogP contribution in [0.25, 0.3) is 0 Å². The van der Waals surface area contributed by atoms with Gasteiger partial charge in [0.05, 0.1) is 6.61 Å². The van der Waals surface area contributed by atoms with Crippen LogP contribution in [0.4, 0.5) is 11.9 Å². The molecule has 0 aliphatic carbocycles. The first-order chi connectivity index (χ1) is 8.85. The van der Waals surface area contributed by atoms with Crippen LogP contribution in [-0.4, -0.2) is 54.1 Å². The Kier molecular flexibility index (Phi) is 4.07. The molecule has 0 bridgehead atoms. The van der Waals surface area contributed by atoms with E-state index in [9.17, 15) is 0 Å². The van der Waals surface area contributed by atoms with E-state index in [1.807, 2.05) is 27.9 Å². The summed E-state index contributed by atoms with van der Waals surface area (Å²) in [6.45, 7) is 4.86. The van der Waals surface area contributed by atoms with Crippen LogP contribution in [0.15, 0.2) is 0 Å². The molecule has 2 heterocycles. The van der Waals surface area contributed by atoms with Crippen molar-refractivity contribution in [2.75, 3.05) is 37.5 Å². The van der Waals surface area contributed by atoms with Gasteiger partial charge in [0, 0.05) is 20.6 Å². The van der Waals surface area contributed by atoms with Gasteiger partial charge in [0.15, 0.2) is 5.79 Å². The van der Waals surface area contributed by atoms with Gasteiger partial charge in [0.1, 0.15) is 6.10 Å². The van der Waals surface area contributed by atoms with Gasteiger partial charge >= 0.3 is 0 Å². The molecule has 0 aromatic carbocycles. The van der Waals surface area contributed by atoms with Gasteiger partial charge in [-0.2, -0.15) is 15.0 Å². The van der Waals surface area contributed by atoms with E-state index in [2.05, 4.69) is 20.3 Å². The summed E-state index contributed by atoms with van der Waals surface area (Å²) < 4.78 is 11.2. The maximum absolute atomic E-state index is 5.85. The number of nitrogens with zero attached hydrogens (tertiary/aromatic N) is 4. The average molecular weight is 288 g/mol. The molecule has 1 aliphatic heterocycles. The zero-order chi connectivity index (χ0) is 14.0. The van der Waals surface area contributed by atoms with Crippen molar-refractivity contribution in [1.82, 2.24) is 15.0 Å². The second kappa shape index (κ2) is 5.44. The topological polar surface area (TPSA) is 72.4 Å². The summed E-state index contributed by atoms with van der Waals surface area (Å²) in [4.78, 5) is 14.0. The number of ether oxygens (including phenoxy) is 2. The Bertz CT molecular complexity index is 455. The van der Waals surface area contributed by atoms with Crippen molar-refractivity contribution >= 4 is 23.5 Å². The highest BCUT2D eigenvalue weighted by molar-refractivity contribution is 6.28. The molecule has 1 aliphatic rings. The molecule has 1 saturated heterocycles. The molecule has 8 heteroatoms. The zero-order valence-electron chi connectivity index (χ0n) is 11.5. The van der Waals surface area contributed by atoms with Gasteiger partial charge in [-0.15, -0.1) is 0 Å². The van der Waals surface area contributed by atoms with Crippen LogP contribution in [0, 0.1) is 0 Å². The Hall–Kier alpha value is -1.18. The van der Waals surface area contributed by atoms with Crippen LogP contribution in [0.5, 0.6) is 0 Å². The lowest BCUT2D eigenvalue weighted by atomic mass is 10.4. The SMILES string of the molecule is CN(C)c1nc(Cl)nc(NCC2COC(C)(C)O2)n1. The van der Waals surface area contributed by atoms with Gasteiger partial charge in [-0.1, -0.05) is 0 Å². The van der Waals surface area contributed by atoms with Gasteiger partial charge in [0.2, 0.25) is 17.2 Å². The Morgan fingerprint density at radius 3 is 2.68 bits per heavy atom. The molecule has 1 N–H and O–H groups in total. The maximum Gasteiger partial charge on any atom is 0.230 e. The molecule has 1 aromatic rings. The molecule has 1 unspecified atom stereocenters. The molecule has 106 valence electrons. The molecule has 0 saturated carbocycles. The number of rotatable bonds is 4. The summed E-state index contributed by atoms with van der Waals surface area (Å²) in [5.74, 6) is 0.404. The molecule has 0 amide bonds. The monoisotopic (exact) mass is 287 g/mol. The Labute approximate surface area is 117 Å². The number of hydrogen-bond acceptors (Lipinski definition) is 7. The quantitative estimate of drug-likeness (QED) is 0.890. The fourth-order valence-electron chi connectivity index (χ4n) is 1.69. The van der Waals surface area contributed by atoms with Gasteiger partial charge < -0.3 is 19.7 Å². The third-order valence-electron chi connectivity index (χ3n) is 2.55. The summed E-state index contributed by atoms with van der Waals surface area (Å²) in [7, 11) is 3.68. The lowest BCUT2D eigenvalue weighted by molar-refractivity contribution is -0.136. The third kappa shape index (κ3) is 3.89. The number of hydrogen-bond donors (Lipinski definition) is 1. The summed E-state index contributed by atoms with van der Waals surface area (Å²) in [6, 6.07) is 0. The predicted molar refractivity (Wildman–Crippen MR) is 72.6 cm³/mol. The third-order valence-corrected chi connectivity index (χ3v) is 2.72. The van der Waals surface area contributed by atoms with Crippen molar-refractivity contribution in [3.63, 3.8) is 0 Å². The molecule has 19 heavy (non-hydrogen) atoms. The van der Waals surface area contributed by atoms with Gasteiger partial charge in [-0.25, -0.2) is 0 Å². The van der Waals surface area contributed by atoms with E-state index in [0.717, 1.165) is 0 Å². The second-order valence-corrected chi connectivity index (χ2v) is 5.29. The Balaban J connectivity index is 1.96. The van der Waals surface area contributed by atoms with Crippen molar-refractivity contribution in [2.45, 2.75) is 25.7 Å². The summed E-state index contributed by atoms with van der Waals surface area (Å²) >= 11 is 5.85. The molecule has 0 spiro atoms. The zero-order valence-corrected chi connectivity index (χ0v) is 12.2. The first-order valence-electron chi connectivity index (χ1n) is 6.00. The predicted octanol–water partition coefficient (Wildman–Crippen LogP) is 1.15. The maximum atomic E-state index is 5.85. The van der Waals surface area contributed by atoms with E-state index in [1.165, 1.54) is 0 Å². The summed E-state index contributed by atoms with van der Waals surface area (Å²) in [6.07, 6.45) is -0.0339. The Morgan fingerprint density at radius 1 is 1.37 bits per heavy atom. The lowest BCUT2D eigenvalue weighted by Gasteiger charge is -2.17. The molecule has 1 atom stereocenters. The van der Waals surface area contributed by atoms with E-state index in [0.29, 0.717) is 25.0 Å².